The number of carbonyl (C=O) groups is 1. The molecule has 0 radical (unpaired) electrons. The predicted octanol–water partition coefficient (Wildman–Crippen LogP) is 0.411. The molecule has 0 aliphatic carbocycles. The van der Waals surface area contributed by atoms with Crippen molar-refractivity contribution in [2.45, 2.75) is 0 Å². The van der Waals surface area contributed by atoms with Gasteiger partial charge in [-0.15, -0.1) is 0 Å². The van der Waals surface area contributed by atoms with Crippen LogP contribution in [0.1, 0.15) is 10.4 Å². The second kappa shape index (κ2) is 3.86. The van der Waals surface area contributed by atoms with Crippen molar-refractivity contribution in [2.75, 3.05) is 25.5 Å². The molecule has 1 amide bonds. The maximum Gasteiger partial charge on any atom is 0.255 e. The summed E-state index contributed by atoms with van der Waals surface area (Å²) in [6, 6.07) is 4.13. The lowest BCUT2D eigenvalue weighted by Gasteiger charge is -2.14. The average Bonchev–Trinajstić information content (AvgIpc) is 2.74. The Balaban J connectivity index is 2.21. The van der Waals surface area contributed by atoms with Crippen LogP contribution in [0.25, 0.3) is 0 Å². The maximum atomic E-state index is 13.1. The minimum atomic E-state index is -0.548. The zero-order chi connectivity index (χ0) is 10.8. The van der Waals surface area contributed by atoms with Crippen molar-refractivity contribution in [3.8, 4) is 0 Å². The lowest BCUT2D eigenvalue weighted by Crippen LogP contribution is -2.29. The molecule has 0 bridgehead atoms. The van der Waals surface area contributed by atoms with Gasteiger partial charge in [-0.2, -0.15) is 0 Å². The van der Waals surface area contributed by atoms with Crippen molar-refractivity contribution in [3.05, 3.63) is 29.6 Å². The molecule has 1 heterocycles. The molecular weight excluding hydrogens is 197 g/mol. The molecule has 1 aromatic rings. The number of anilines is 1. The van der Waals surface area contributed by atoms with Gasteiger partial charge in [0.25, 0.3) is 5.91 Å². The summed E-state index contributed by atoms with van der Waals surface area (Å²) < 4.78 is 13.1. The minimum absolute atomic E-state index is 0.0612. The van der Waals surface area contributed by atoms with E-state index in [1.165, 1.54) is 12.1 Å². The fourth-order valence-corrected chi connectivity index (χ4v) is 1.52. The Morgan fingerprint density at radius 1 is 1.53 bits per heavy atom. The predicted molar refractivity (Wildman–Crippen MR) is 54.7 cm³/mol. The summed E-state index contributed by atoms with van der Waals surface area (Å²) in [4.78, 5) is 13.4. The van der Waals surface area contributed by atoms with Crippen LogP contribution in [0, 0.1) is 5.82 Å². The van der Waals surface area contributed by atoms with E-state index >= 15 is 0 Å². The lowest BCUT2D eigenvalue weighted by atomic mass is 10.2. The van der Waals surface area contributed by atoms with Crippen LogP contribution in [0.4, 0.5) is 10.1 Å². The highest BCUT2D eigenvalue weighted by Crippen LogP contribution is 2.14. The number of rotatable bonds is 1. The molecule has 5 heteroatoms. The third-order valence-corrected chi connectivity index (χ3v) is 2.40. The second-order valence-electron chi connectivity index (χ2n) is 3.46. The van der Waals surface area contributed by atoms with Crippen molar-refractivity contribution >= 4 is 11.6 Å². The normalized spacial score (nSPS) is 15.7. The van der Waals surface area contributed by atoms with Crippen LogP contribution < -0.4 is 11.1 Å². The fraction of sp³-hybridized carbons (Fsp3) is 0.300. The third-order valence-electron chi connectivity index (χ3n) is 2.40. The number of amides is 1. The van der Waals surface area contributed by atoms with E-state index < -0.39 is 5.82 Å². The summed E-state index contributed by atoms with van der Waals surface area (Å²) in [5.74, 6) is -0.716. The van der Waals surface area contributed by atoms with Crippen molar-refractivity contribution in [3.63, 3.8) is 0 Å². The molecule has 0 unspecified atom stereocenters. The summed E-state index contributed by atoms with van der Waals surface area (Å²) >= 11 is 0. The molecule has 0 aromatic heterocycles. The lowest BCUT2D eigenvalue weighted by molar-refractivity contribution is 0.0791. The topological polar surface area (TPSA) is 58.4 Å². The van der Waals surface area contributed by atoms with Gasteiger partial charge in [0.15, 0.2) is 0 Å². The number of nitrogen functional groups attached to an aromatic ring is 1. The monoisotopic (exact) mass is 209 g/mol. The fourth-order valence-electron chi connectivity index (χ4n) is 1.52. The van der Waals surface area contributed by atoms with Crippen molar-refractivity contribution in [2.24, 2.45) is 0 Å². The van der Waals surface area contributed by atoms with Gasteiger partial charge in [0, 0.05) is 18.7 Å². The number of hydrogen-bond acceptors (Lipinski definition) is 3. The summed E-state index contributed by atoms with van der Waals surface area (Å²) in [6.45, 7) is 1.96. The van der Waals surface area contributed by atoms with Crippen LogP contribution in [-0.2, 0) is 0 Å². The van der Waals surface area contributed by atoms with Crippen LogP contribution >= 0.6 is 0 Å². The molecule has 2 rings (SSSR count). The zero-order valence-corrected chi connectivity index (χ0v) is 8.16. The maximum absolute atomic E-state index is 13.1. The van der Waals surface area contributed by atoms with Gasteiger partial charge in [0.1, 0.15) is 5.82 Å². The van der Waals surface area contributed by atoms with Crippen LogP contribution in [-0.4, -0.2) is 30.6 Å². The number of nitrogens with one attached hydrogen (secondary N) is 1. The highest BCUT2D eigenvalue weighted by Gasteiger charge is 2.19. The molecular formula is C10H12FN3O. The molecule has 1 aliphatic rings. The summed E-state index contributed by atoms with van der Waals surface area (Å²) in [6.07, 6.45) is 0. The Bertz CT molecular complexity index is 388. The van der Waals surface area contributed by atoms with Gasteiger partial charge >= 0.3 is 0 Å². The molecule has 0 spiro atoms. The third kappa shape index (κ3) is 1.92. The number of carbonyl (C=O) groups excluding carboxylic acids is 1. The summed E-state index contributed by atoms with van der Waals surface area (Å²) in [5, 5.41) is 3.04. The van der Waals surface area contributed by atoms with Gasteiger partial charge in [-0.25, -0.2) is 4.39 Å². The van der Waals surface area contributed by atoms with E-state index in [2.05, 4.69) is 5.32 Å². The molecule has 0 saturated carbocycles. The van der Waals surface area contributed by atoms with E-state index in [0.29, 0.717) is 18.8 Å². The van der Waals surface area contributed by atoms with E-state index in [0.717, 1.165) is 6.54 Å². The van der Waals surface area contributed by atoms with Crippen molar-refractivity contribution in [1.29, 1.82) is 0 Å². The highest BCUT2D eigenvalue weighted by atomic mass is 19.1. The molecule has 3 N–H and O–H groups in total. The number of benzene rings is 1. The van der Waals surface area contributed by atoms with E-state index in [4.69, 9.17) is 5.73 Å². The minimum Gasteiger partial charge on any atom is -0.396 e. The molecule has 1 fully saturated rings. The van der Waals surface area contributed by atoms with Crippen LogP contribution in [0.15, 0.2) is 18.2 Å². The molecule has 1 aromatic carbocycles. The quantitative estimate of drug-likeness (QED) is 0.659. The first-order valence-corrected chi connectivity index (χ1v) is 4.73. The van der Waals surface area contributed by atoms with Crippen molar-refractivity contribution < 1.29 is 9.18 Å². The first kappa shape index (κ1) is 9.92. The average molecular weight is 209 g/mol. The van der Waals surface area contributed by atoms with Gasteiger partial charge in [0.05, 0.1) is 12.4 Å². The van der Waals surface area contributed by atoms with E-state index in [-0.39, 0.29) is 11.6 Å². The molecule has 1 aliphatic heterocycles. The van der Waals surface area contributed by atoms with Gasteiger partial charge in [0.2, 0.25) is 0 Å². The smallest absolute Gasteiger partial charge is 0.255 e. The van der Waals surface area contributed by atoms with Crippen LogP contribution in [0.5, 0.6) is 0 Å². The first-order chi connectivity index (χ1) is 7.18. The Kier molecular flexibility index (Phi) is 2.55. The Hall–Kier alpha value is -1.62. The number of halogens is 1. The number of hydrogen-bond donors (Lipinski definition) is 2. The van der Waals surface area contributed by atoms with Gasteiger partial charge in [-0.05, 0) is 18.2 Å². The molecule has 80 valence electrons. The van der Waals surface area contributed by atoms with Gasteiger partial charge in [-0.3, -0.25) is 10.1 Å². The summed E-state index contributed by atoms with van der Waals surface area (Å²) in [5.41, 5.74) is 5.73. The van der Waals surface area contributed by atoms with E-state index in [9.17, 15) is 9.18 Å². The zero-order valence-electron chi connectivity index (χ0n) is 8.16. The molecule has 4 nitrogen and oxygen atoms in total. The molecule has 15 heavy (non-hydrogen) atoms. The van der Waals surface area contributed by atoms with E-state index in [1.807, 2.05) is 0 Å². The Morgan fingerprint density at radius 2 is 2.33 bits per heavy atom. The first-order valence-electron chi connectivity index (χ1n) is 4.73. The van der Waals surface area contributed by atoms with Gasteiger partial charge < -0.3 is 10.6 Å². The van der Waals surface area contributed by atoms with Gasteiger partial charge in [-0.1, -0.05) is 0 Å². The summed E-state index contributed by atoms with van der Waals surface area (Å²) in [7, 11) is 0. The largest absolute Gasteiger partial charge is 0.396 e. The van der Waals surface area contributed by atoms with E-state index in [1.54, 1.807) is 11.0 Å². The van der Waals surface area contributed by atoms with Crippen molar-refractivity contribution in [1.82, 2.24) is 10.2 Å². The SMILES string of the molecule is Nc1ccc(C(=O)N2CCNC2)cc1F. The van der Waals surface area contributed by atoms with Crippen LogP contribution in [0.3, 0.4) is 0 Å². The molecule has 0 atom stereocenters. The highest BCUT2D eigenvalue weighted by molar-refractivity contribution is 5.94. The van der Waals surface area contributed by atoms with Crippen LogP contribution in [0.2, 0.25) is 0 Å². The second-order valence-corrected chi connectivity index (χ2v) is 3.46. The Labute approximate surface area is 86.9 Å². The Morgan fingerprint density at radius 3 is 2.93 bits per heavy atom. The number of nitrogens with two attached hydrogens (primary N) is 1. The molecule has 1 saturated heterocycles. The standard InChI is InChI=1S/C10H12FN3O/c11-8-5-7(1-2-9(8)12)10(15)14-4-3-13-6-14/h1-2,5,13H,3-4,6,12H2. The number of nitrogens with zero attached hydrogens (tertiary/aromatic N) is 1.